The van der Waals surface area contributed by atoms with Crippen LogP contribution >= 0.6 is 11.6 Å². The predicted molar refractivity (Wildman–Crippen MR) is 164 cm³/mol. The Kier molecular flexibility index (Phi) is 13.2. The van der Waals surface area contributed by atoms with Crippen molar-refractivity contribution in [2.75, 3.05) is 11.4 Å². The SMILES string of the molecule is O=C(/C=C/CCCCCCN1c2ccccc2CCc2ccc(Cl)cc21)NOc1ccccc1.O=C(O)/C=C\C(=O)O. The molecule has 0 unspecified atom stereocenters. The fourth-order valence-electron chi connectivity index (χ4n) is 4.48. The van der Waals surface area contributed by atoms with E-state index in [9.17, 15) is 14.4 Å². The van der Waals surface area contributed by atoms with Gasteiger partial charge in [-0.05, 0) is 73.6 Å². The molecule has 0 fully saturated rings. The summed E-state index contributed by atoms with van der Waals surface area (Å²) in [6.07, 6.45) is 12.0. The van der Waals surface area contributed by atoms with Crippen molar-refractivity contribution >= 4 is 40.8 Å². The lowest BCUT2D eigenvalue weighted by molar-refractivity contribution is -0.134. The van der Waals surface area contributed by atoms with Gasteiger partial charge in [-0.2, -0.15) is 5.48 Å². The first-order chi connectivity index (χ1) is 20.3. The number of nitrogens with zero attached hydrogens (tertiary/aromatic N) is 1. The number of hydrogen-bond donors (Lipinski definition) is 3. The molecule has 1 aliphatic rings. The number of unbranched alkanes of at least 4 members (excludes halogenated alkanes) is 4. The van der Waals surface area contributed by atoms with Gasteiger partial charge < -0.3 is 20.0 Å². The lowest BCUT2D eigenvalue weighted by Gasteiger charge is -2.27. The number of para-hydroxylation sites is 2. The molecule has 0 atom stereocenters. The summed E-state index contributed by atoms with van der Waals surface area (Å²) in [7, 11) is 0. The molecule has 0 aliphatic carbocycles. The maximum absolute atomic E-state index is 11.8. The zero-order valence-corrected chi connectivity index (χ0v) is 24.0. The average molecular weight is 591 g/mol. The maximum atomic E-state index is 11.8. The Morgan fingerprint density at radius 3 is 2.14 bits per heavy atom. The molecule has 1 amide bonds. The van der Waals surface area contributed by atoms with E-state index in [0.717, 1.165) is 56.5 Å². The lowest BCUT2D eigenvalue weighted by Crippen LogP contribution is -2.24. The highest BCUT2D eigenvalue weighted by atomic mass is 35.5. The number of fused-ring (bicyclic) bond motifs is 2. The van der Waals surface area contributed by atoms with Gasteiger partial charge in [-0.15, -0.1) is 0 Å². The summed E-state index contributed by atoms with van der Waals surface area (Å²) >= 11 is 6.36. The van der Waals surface area contributed by atoms with Crippen LogP contribution in [-0.2, 0) is 27.2 Å². The van der Waals surface area contributed by atoms with Gasteiger partial charge in [-0.25, -0.2) is 9.59 Å². The van der Waals surface area contributed by atoms with E-state index in [-0.39, 0.29) is 5.91 Å². The van der Waals surface area contributed by atoms with Crippen LogP contribution in [0.15, 0.2) is 97.1 Å². The molecule has 4 rings (SSSR count). The first-order valence-corrected chi connectivity index (χ1v) is 14.2. The van der Waals surface area contributed by atoms with Gasteiger partial charge in [0.2, 0.25) is 0 Å². The predicted octanol–water partition coefficient (Wildman–Crippen LogP) is 6.91. The first-order valence-electron chi connectivity index (χ1n) is 13.8. The molecule has 0 bridgehead atoms. The van der Waals surface area contributed by atoms with E-state index in [1.165, 1.54) is 28.6 Å². The summed E-state index contributed by atoms with van der Waals surface area (Å²) in [6.45, 7) is 0.972. The number of carboxylic acid groups (broad SMARTS) is 2. The minimum Gasteiger partial charge on any atom is -0.478 e. The fourth-order valence-corrected chi connectivity index (χ4v) is 4.64. The Labute approximate surface area is 250 Å². The highest BCUT2D eigenvalue weighted by Gasteiger charge is 2.20. The summed E-state index contributed by atoms with van der Waals surface area (Å²) in [5.74, 6) is -2.15. The molecule has 0 radical (unpaired) electrons. The Balaban J connectivity index is 0.000000531. The van der Waals surface area contributed by atoms with Crippen LogP contribution in [0, 0.1) is 0 Å². The number of aliphatic carboxylic acids is 2. The molecule has 1 heterocycles. The normalized spacial score (nSPS) is 12.1. The molecule has 3 N–H and O–H groups in total. The van der Waals surface area contributed by atoms with Crippen LogP contribution in [0.25, 0.3) is 0 Å². The van der Waals surface area contributed by atoms with Crippen molar-refractivity contribution in [3.05, 3.63) is 113 Å². The highest BCUT2D eigenvalue weighted by Crippen LogP contribution is 2.37. The molecular weight excluding hydrogens is 556 g/mol. The Hall–Kier alpha value is -4.56. The molecule has 0 saturated heterocycles. The van der Waals surface area contributed by atoms with Crippen molar-refractivity contribution < 1.29 is 29.4 Å². The van der Waals surface area contributed by atoms with Gasteiger partial charge in [0, 0.05) is 41.2 Å². The summed E-state index contributed by atoms with van der Waals surface area (Å²) < 4.78 is 0. The summed E-state index contributed by atoms with van der Waals surface area (Å²) in [5, 5.41) is 16.4. The smallest absolute Gasteiger partial charge is 0.328 e. The zero-order chi connectivity index (χ0) is 30.2. The number of hydroxylamine groups is 1. The lowest BCUT2D eigenvalue weighted by atomic mass is 10.0. The number of carbonyl (C=O) groups is 3. The van der Waals surface area contributed by atoms with E-state index < -0.39 is 11.9 Å². The van der Waals surface area contributed by atoms with Crippen molar-refractivity contribution in [1.82, 2.24) is 5.48 Å². The molecule has 8 nitrogen and oxygen atoms in total. The summed E-state index contributed by atoms with van der Waals surface area (Å²) in [4.78, 5) is 38.6. The standard InChI is InChI=1S/C29H31ClN2O2.C4H4O4/c30-25-20-19-24-18-17-23-12-9-10-15-27(23)32(28(24)22-25)21-11-4-2-1-3-8-16-29(33)31-34-26-13-6-5-7-14-26;5-3(6)1-2-4(7)8/h5-10,12-16,19-20,22H,1-4,11,17-18,21H2,(H,31,33);1-2H,(H,5,6)(H,7,8)/b16-8+;2-1-. The molecule has 220 valence electrons. The molecule has 0 saturated carbocycles. The van der Waals surface area contributed by atoms with Crippen LogP contribution in [0.1, 0.15) is 43.2 Å². The third kappa shape index (κ3) is 11.1. The maximum Gasteiger partial charge on any atom is 0.328 e. The van der Waals surface area contributed by atoms with Crippen LogP contribution in [-0.4, -0.2) is 34.6 Å². The van der Waals surface area contributed by atoms with Crippen LogP contribution in [0.3, 0.4) is 0 Å². The molecule has 0 aromatic heterocycles. The summed E-state index contributed by atoms with van der Waals surface area (Å²) in [5.41, 5.74) is 7.73. The number of amides is 1. The van der Waals surface area contributed by atoms with Crippen LogP contribution < -0.4 is 15.2 Å². The Bertz CT molecular complexity index is 1370. The minimum absolute atomic E-state index is 0.249. The van der Waals surface area contributed by atoms with E-state index in [2.05, 4.69) is 46.8 Å². The van der Waals surface area contributed by atoms with E-state index in [1.807, 2.05) is 30.3 Å². The zero-order valence-electron chi connectivity index (χ0n) is 23.2. The van der Waals surface area contributed by atoms with Gasteiger partial charge in [0.25, 0.3) is 5.91 Å². The van der Waals surface area contributed by atoms with Crippen molar-refractivity contribution in [1.29, 1.82) is 0 Å². The number of hydrogen-bond acceptors (Lipinski definition) is 5. The largest absolute Gasteiger partial charge is 0.478 e. The third-order valence-corrected chi connectivity index (χ3v) is 6.67. The second-order valence-electron chi connectivity index (χ2n) is 9.55. The molecule has 42 heavy (non-hydrogen) atoms. The number of allylic oxidation sites excluding steroid dienone is 1. The van der Waals surface area contributed by atoms with Gasteiger partial charge in [0.05, 0.1) is 0 Å². The average Bonchev–Trinajstić information content (AvgIpc) is 3.13. The highest BCUT2D eigenvalue weighted by molar-refractivity contribution is 6.30. The van der Waals surface area contributed by atoms with Crippen molar-refractivity contribution in [3.8, 4) is 5.75 Å². The fraction of sp³-hybridized carbons (Fsp3) is 0.242. The summed E-state index contributed by atoms with van der Waals surface area (Å²) in [6, 6.07) is 24.2. The van der Waals surface area contributed by atoms with Crippen molar-refractivity contribution in [2.45, 2.75) is 44.9 Å². The van der Waals surface area contributed by atoms with Crippen LogP contribution in [0.2, 0.25) is 5.02 Å². The molecule has 0 spiro atoms. The van der Waals surface area contributed by atoms with Crippen molar-refractivity contribution in [2.24, 2.45) is 0 Å². The van der Waals surface area contributed by atoms with Crippen molar-refractivity contribution in [3.63, 3.8) is 0 Å². The van der Waals surface area contributed by atoms with Crippen LogP contribution in [0.4, 0.5) is 11.4 Å². The molecule has 3 aromatic carbocycles. The van der Waals surface area contributed by atoms with E-state index >= 15 is 0 Å². The number of aryl methyl sites for hydroxylation is 2. The minimum atomic E-state index is -1.26. The quantitative estimate of drug-likeness (QED) is 0.119. The second kappa shape index (κ2) is 17.3. The van der Waals surface area contributed by atoms with Gasteiger partial charge in [0.15, 0.2) is 5.75 Å². The number of rotatable bonds is 12. The number of nitrogens with one attached hydrogen (secondary N) is 1. The van der Waals surface area contributed by atoms with Crippen LogP contribution in [0.5, 0.6) is 5.75 Å². The topological polar surface area (TPSA) is 116 Å². The molecule has 3 aromatic rings. The monoisotopic (exact) mass is 590 g/mol. The van der Waals surface area contributed by atoms with Gasteiger partial charge in [0.1, 0.15) is 0 Å². The number of carbonyl (C=O) groups excluding carboxylic acids is 1. The Morgan fingerprint density at radius 2 is 1.43 bits per heavy atom. The molecule has 1 aliphatic heterocycles. The molecule has 9 heteroatoms. The number of anilines is 2. The van der Waals surface area contributed by atoms with E-state index in [4.69, 9.17) is 26.7 Å². The first kappa shape index (κ1) is 32.0. The number of benzene rings is 3. The Morgan fingerprint density at radius 1 is 0.786 bits per heavy atom. The van der Waals surface area contributed by atoms with Gasteiger partial charge in [-0.3, -0.25) is 4.79 Å². The number of halogens is 1. The third-order valence-electron chi connectivity index (χ3n) is 6.44. The van der Waals surface area contributed by atoms with E-state index in [1.54, 1.807) is 12.1 Å². The second-order valence-corrected chi connectivity index (χ2v) is 9.99. The van der Waals surface area contributed by atoms with E-state index in [0.29, 0.717) is 17.9 Å². The van der Waals surface area contributed by atoms with Gasteiger partial charge >= 0.3 is 11.9 Å². The molecular formula is C33H35ClN2O6. The van der Waals surface area contributed by atoms with Gasteiger partial charge in [-0.1, -0.05) is 73.0 Å². The number of carboxylic acids is 2.